The normalized spacial score (nSPS) is 16.9. The average molecular weight is 398 g/mol. The van der Waals surface area contributed by atoms with Crippen LogP contribution in [0.2, 0.25) is 0 Å². The lowest BCUT2D eigenvalue weighted by molar-refractivity contribution is -0.125. The average Bonchev–Trinajstić information content (AvgIpc) is 3.36. The first-order valence-electron chi connectivity index (χ1n) is 9.29. The second-order valence-corrected chi connectivity index (χ2v) is 7.88. The molecule has 1 amide bonds. The number of pyridine rings is 1. The Morgan fingerprint density at radius 2 is 2.25 bits per heavy atom. The smallest absolute Gasteiger partial charge is 0.324 e. The molecule has 1 atom stereocenters. The molecule has 0 radical (unpaired) electrons. The van der Waals surface area contributed by atoms with Crippen LogP contribution in [0.4, 0.5) is 6.01 Å². The minimum absolute atomic E-state index is 0.0367. The van der Waals surface area contributed by atoms with Crippen LogP contribution in [0.1, 0.15) is 29.4 Å². The molecular weight excluding hydrogens is 376 g/mol. The van der Waals surface area contributed by atoms with E-state index in [4.69, 9.17) is 4.52 Å². The molecule has 146 valence electrons. The fourth-order valence-electron chi connectivity index (χ4n) is 3.23. The maximum Gasteiger partial charge on any atom is 0.324 e. The highest BCUT2D eigenvalue weighted by Gasteiger charge is 2.28. The molecule has 3 aromatic heterocycles. The van der Waals surface area contributed by atoms with Crippen LogP contribution in [0.25, 0.3) is 11.3 Å². The van der Waals surface area contributed by atoms with Crippen LogP contribution in [-0.2, 0) is 11.3 Å². The predicted molar refractivity (Wildman–Crippen MR) is 106 cm³/mol. The number of hydrogen-bond acceptors (Lipinski definition) is 8. The largest absolute Gasteiger partial charge is 0.349 e. The Labute approximate surface area is 167 Å². The summed E-state index contributed by atoms with van der Waals surface area (Å²) in [5, 5.41) is 9.72. The number of nitrogens with zero attached hydrogens (tertiary/aromatic N) is 5. The van der Waals surface area contributed by atoms with E-state index in [0.717, 1.165) is 41.3 Å². The highest BCUT2D eigenvalue weighted by Crippen LogP contribution is 2.23. The van der Waals surface area contributed by atoms with Crippen molar-refractivity contribution in [1.29, 1.82) is 0 Å². The predicted octanol–water partition coefficient (Wildman–Crippen LogP) is 2.74. The third kappa shape index (κ3) is 4.19. The summed E-state index contributed by atoms with van der Waals surface area (Å²) in [6.07, 6.45) is 3.59. The lowest BCUT2D eigenvalue weighted by Gasteiger charge is -2.30. The Balaban J connectivity index is 1.33. The Bertz CT molecular complexity index is 952. The fraction of sp³-hybridized carbons (Fsp3) is 0.421. The molecule has 0 spiro atoms. The van der Waals surface area contributed by atoms with Crippen LogP contribution in [0.15, 0.2) is 28.2 Å². The molecule has 4 rings (SSSR count). The van der Waals surface area contributed by atoms with Gasteiger partial charge in [0.15, 0.2) is 5.82 Å². The van der Waals surface area contributed by atoms with Gasteiger partial charge in [-0.3, -0.25) is 9.78 Å². The van der Waals surface area contributed by atoms with E-state index >= 15 is 0 Å². The van der Waals surface area contributed by atoms with Crippen LogP contribution in [0.5, 0.6) is 0 Å². The summed E-state index contributed by atoms with van der Waals surface area (Å²) in [4.78, 5) is 27.8. The van der Waals surface area contributed by atoms with E-state index in [2.05, 4.69) is 25.4 Å². The number of amides is 1. The topological polar surface area (TPSA) is 97.0 Å². The van der Waals surface area contributed by atoms with Gasteiger partial charge >= 0.3 is 6.01 Å². The zero-order valence-electron chi connectivity index (χ0n) is 15.9. The number of piperidine rings is 1. The Kier molecular flexibility index (Phi) is 5.34. The zero-order valence-corrected chi connectivity index (χ0v) is 16.7. The highest BCUT2D eigenvalue weighted by atomic mass is 32.1. The van der Waals surface area contributed by atoms with Gasteiger partial charge in [0.25, 0.3) is 0 Å². The quantitative estimate of drug-likeness (QED) is 0.706. The summed E-state index contributed by atoms with van der Waals surface area (Å²) in [6, 6.07) is 4.47. The van der Waals surface area contributed by atoms with Crippen molar-refractivity contribution in [2.45, 2.75) is 33.2 Å². The van der Waals surface area contributed by atoms with Crippen molar-refractivity contribution >= 4 is 23.3 Å². The SMILES string of the molecule is Cc1ccc(-c2csc(CNC(=O)[C@H]3CCCN(c4nc(C)no4)C3)n2)cn1. The Hall–Kier alpha value is -2.81. The second kappa shape index (κ2) is 8.05. The first kappa shape index (κ1) is 18.5. The summed E-state index contributed by atoms with van der Waals surface area (Å²) in [7, 11) is 0. The van der Waals surface area contributed by atoms with Crippen LogP contribution >= 0.6 is 11.3 Å². The van der Waals surface area contributed by atoms with Gasteiger partial charge in [0.05, 0.1) is 18.2 Å². The molecule has 0 aliphatic carbocycles. The summed E-state index contributed by atoms with van der Waals surface area (Å²) >= 11 is 1.54. The molecule has 0 unspecified atom stereocenters. The van der Waals surface area contributed by atoms with Crippen molar-refractivity contribution in [3.05, 3.63) is 40.2 Å². The number of nitrogens with one attached hydrogen (secondary N) is 1. The number of carbonyl (C=O) groups excluding carboxylic acids is 1. The minimum atomic E-state index is -0.0957. The van der Waals surface area contributed by atoms with Gasteiger partial charge in [-0.1, -0.05) is 5.16 Å². The molecular formula is C19H22N6O2S. The Morgan fingerprint density at radius 3 is 3.00 bits per heavy atom. The van der Waals surface area contributed by atoms with Gasteiger partial charge in [0.1, 0.15) is 5.01 Å². The Morgan fingerprint density at radius 1 is 1.36 bits per heavy atom. The summed E-state index contributed by atoms with van der Waals surface area (Å²) in [5.74, 6) is 0.543. The van der Waals surface area contributed by atoms with Crippen molar-refractivity contribution in [3.8, 4) is 11.3 Å². The van der Waals surface area contributed by atoms with Crippen molar-refractivity contribution in [3.63, 3.8) is 0 Å². The maximum atomic E-state index is 12.6. The molecule has 3 aromatic rings. The summed E-state index contributed by atoms with van der Waals surface area (Å²) < 4.78 is 5.23. The zero-order chi connectivity index (χ0) is 19.5. The maximum absolute atomic E-state index is 12.6. The van der Waals surface area contributed by atoms with Gasteiger partial charge in [-0.25, -0.2) is 4.98 Å². The van der Waals surface area contributed by atoms with E-state index in [-0.39, 0.29) is 11.8 Å². The lowest BCUT2D eigenvalue weighted by Crippen LogP contribution is -2.43. The van der Waals surface area contributed by atoms with Crippen LogP contribution in [0, 0.1) is 19.8 Å². The van der Waals surface area contributed by atoms with Crippen LogP contribution in [0.3, 0.4) is 0 Å². The van der Waals surface area contributed by atoms with Crippen molar-refractivity contribution in [2.75, 3.05) is 18.0 Å². The fourth-order valence-corrected chi connectivity index (χ4v) is 3.97. The number of hydrogen-bond donors (Lipinski definition) is 1. The van der Waals surface area contributed by atoms with Gasteiger partial charge in [-0.05, 0) is 38.8 Å². The number of aromatic nitrogens is 4. The van der Waals surface area contributed by atoms with Crippen molar-refractivity contribution in [1.82, 2.24) is 25.4 Å². The van der Waals surface area contributed by atoms with Crippen molar-refractivity contribution < 1.29 is 9.32 Å². The molecule has 1 N–H and O–H groups in total. The van der Waals surface area contributed by atoms with E-state index in [9.17, 15) is 4.79 Å². The molecule has 1 aliphatic heterocycles. The standard InChI is InChI=1S/C19H22N6O2S/c1-12-5-6-14(8-20-12)16-11-28-17(23-16)9-21-18(26)15-4-3-7-25(10-15)19-22-13(2)24-27-19/h5-6,8,11,15H,3-4,7,9-10H2,1-2H3,(H,21,26)/t15-/m0/s1. The molecule has 1 saturated heterocycles. The lowest BCUT2D eigenvalue weighted by atomic mass is 9.97. The monoisotopic (exact) mass is 398 g/mol. The number of aryl methyl sites for hydroxylation is 2. The summed E-state index contributed by atoms with van der Waals surface area (Å²) in [5.41, 5.74) is 2.85. The van der Waals surface area contributed by atoms with E-state index in [1.165, 1.54) is 0 Å². The first-order valence-corrected chi connectivity index (χ1v) is 10.2. The third-order valence-corrected chi connectivity index (χ3v) is 5.60. The highest BCUT2D eigenvalue weighted by molar-refractivity contribution is 7.09. The first-order chi connectivity index (χ1) is 13.6. The van der Waals surface area contributed by atoms with Crippen LogP contribution < -0.4 is 10.2 Å². The van der Waals surface area contributed by atoms with E-state index in [0.29, 0.717) is 24.9 Å². The molecule has 0 bridgehead atoms. The van der Waals surface area contributed by atoms with Gasteiger partial charge in [0, 0.05) is 35.9 Å². The van der Waals surface area contributed by atoms with Crippen molar-refractivity contribution in [2.24, 2.45) is 5.92 Å². The van der Waals surface area contributed by atoms with Gasteiger partial charge in [-0.15, -0.1) is 11.3 Å². The number of thiazole rings is 1. The van der Waals surface area contributed by atoms with Gasteiger partial charge in [-0.2, -0.15) is 4.98 Å². The molecule has 1 fully saturated rings. The molecule has 0 saturated carbocycles. The van der Waals surface area contributed by atoms with Gasteiger partial charge < -0.3 is 14.7 Å². The van der Waals surface area contributed by atoms with E-state index < -0.39 is 0 Å². The third-order valence-electron chi connectivity index (χ3n) is 4.75. The van der Waals surface area contributed by atoms with E-state index in [1.807, 2.05) is 35.5 Å². The summed E-state index contributed by atoms with van der Waals surface area (Å²) in [6.45, 7) is 5.59. The molecule has 9 heteroatoms. The number of anilines is 1. The van der Waals surface area contributed by atoms with E-state index in [1.54, 1.807) is 18.3 Å². The molecule has 28 heavy (non-hydrogen) atoms. The molecule has 0 aromatic carbocycles. The van der Waals surface area contributed by atoms with Gasteiger partial charge in [0.2, 0.25) is 5.91 Å². The number of carbonyl (C=O) groups is 1. The minimum Gasteiger partial charge on any atom is -0.349 e. The molecule has 1 aliphatic rings. The number of rotatable bonds is 5. The molecule has 8 nitrogen and oxygen atoms in total. The second-order valence-electron chi connectivity index (χ2n) is 6.94. The molecule has 4 heterocycles. The van der Waals surface area contributed by atoms with Crippen LogP contribution in [-0.4, -0.2) is 39.1 Å².